The predicted octanol–water partition coefficient (Wildman–Crippen LogP) is 6.15. The molecule has 144 valence electrons. The molecule has 3 aromatic carbocycles. The van der Waals surface area contributed by atoms with Crippen molar-refractivity contribution in [2.45, 2.75) is 26.1 Å². The van der Waals surface area contributed by atoms with Gasteiger partial charge in [0.1, 0.15) is 19.0 Å². The molecule has 28 heavy (non-hydrogen) atoms. The summed E-state index contributed by atoms with van der Waals surface area (Å²) in [5.74, 6) is 0.707. The van der Waals surface area contributed by atoms with Gasteiger partial charge in [-0.15, -0.1) is 0 Å². The molecule has 3 rings (SSSR count). The molecule has 0 heterocycles. The van der Waals surface area contributed by atoms with Crippen molar-refractivity contribution in [3.63, 3.8) is 0 Å². The monoisotopic (exact) mass is 598 g/mol. The van der Waals surface area contributed by atoms with E-state index in [0.29, 0.717) is 26.1 Å². The Morgan fingerprint density at radius 2 is 1.29 bits per heavy atom. The van der Waals surface area contributed by atoms with Crippen LogP contribution in [-0.2, 0) is 29.2 Å². The fourth-order valence-electron chi connectivity index (χ4n) is 2.68. The number of benzene rings is 3. The minimum Gasteiger partial charge on any atom is -0.487 e. The van der Waals surface area contributed by atoms with E-state index in [2.05, 4.69) is 69.4 Å². The van der Waals surface area contributed by atoms with Gasteiger partial charge >= 0.3 is 5.97 Å². The Morgan fingerprint density at radius 1 is 0.750 bits per heavy atom. The molecule has 0 aliphatic carbocycles. The van der Waals surface area contributed by atoms with E-state index in [0.717, 1.165) is 29.6 Å². The summed E-state index contributed by atoms with van der Waals surface area (Å²) in [6, 6.07) is 24.0. The maximum Gasteiger partial charge on any atom is 0.306 e. The third-order valence-corrected chi connectivity index (χ3v) is 5.75. The Balaban J connectivity index is 1.52. The van der Waals surface area contributed by atoms with E-state index < -0.39 is 0 Å². The Hall–Kier alpha value is -1.61. The topological polar surface area (TPSA) is 35.5 Å². The molecular weight excluding hydrogens is 578 g/mol. The smallest absolute Gasteiger partial charge is 0.306 e. The molecule has 0 unspecified atom stereocenters. The van der Waals surface area contributed by atoms with Crippen molar-refractivity contribution in [2.24, 2.45) is 0 Å². The second-order valence-electron chi connectivity index (χ2n) is 6.31. The number of hydrogen-bond acceptors (Lipinski definition) is 3. The molecule has 0 bridgehead atoms. The van der Waals surface area contributed by atoms with Crippen LogP contribution in [0.2, 0.25) is 0 Å². The lowest BCUT2D eigenvalue weighted by atomic mass is 10.1. The van der Waals surface area contributed by atoms with E-state index in [4.69, 9.17) is 9.47 Å². The summed E-state index contributed by atoms with van der Waals surface area (Å²) in [6.07, 6.45) is 1.02. The molecule has 5 heteroatoms. The van der Waals surface area contributed by atoms with Crippen LogP contribution in [0.4, 0.5) is 0 Å². The molecule has 0 N–H and O–H groups in total. The van der Waals surface area contributed by atoms with Gasteiger partial charge in [-0.1, -0.05) is 60.7 Å². The Kier molecular flexibility index (Phi) is 8.14. The largest absolute Gasteiger partial charge is 0.487 e. The second kappa shape index (κ2) is 10.8. The third-order valence-electron chi connectivity index (χ3n) is 4.14. The zero-order chi connectivity index (χ0) is 19.8. The summed E-state index contributed by atoms with van der Waals surface area (Å²) < 4.78 is 13.5. The molecule has 0 saturated heterocycles. The van der Waals surface area contributed by atoms with Crippen LogP contribution < -0.4 is 4.74 Å². The number of hydrogen-bond donors (Lipinski definition) is 0. The van der Waals surface area contributed by atoms with Gasteiger partial charge < -0.3 is 9.47 Å². The molecule has 0 saturated carbocycles. The van der Waals surface area contributed by atoms with Gasteiger partial charge in [0.05, 0.1) is 7.14 Å². The van der Waals surface area contributed by atoms with Gasteiger partial charge in [-0.25, -0.2) is 0 Å². The van der Waals surface area contributed by atoms with Crippen LogP contribution in [0.1, 0.15) is 23.1 Å². The normalized spacial score (nSPS) is 10.5. The molecule has 0 spiro atoms. The van der Waals surface area contributed by atoms with Gasteiger partial charge in [0.25, 0.3) is 0 Å². The molecule has 0 amide bonds. The standard InChI is InChI=1S/C23H20I2O3/c24-20-13-19(11-12-22(26)27-15-17-7-3-1-4-8-17)14-21(25)23(20)28-16-18-9-5-2-6-10-18/h1-10,13-14H,11-12,15-16H2. The molecule has 0 aliphatic rings. The zero-order valence-corrected chi connectivity index (χ0v) is 19.6. The SMILES string of the molecule is O=C(CCc1cc(I)c(OCc2ccccc2)c(I)c1)OCc1ccccc1. The summed E-state index contributed by atoms with van der Waals surface area (Å²) in [6.45, 7) is 0.860. The van der Waals surface area contributed by atoms with Crippen molar-refractivity contribution in [3.05, 3.63) is 96.6 Å². The quantitative estimate of drug-likeness (QED) is 0.231. The number of rotatable bonds is 8. The van der Waals surface area contributed by atoms with E-state index in [9.17, 15) is 4.79 Å². The number of halogens is 2. The van der Waals surface area contributed by atoms with Crippen molar-refractivity contribution in [2.75, 3.05) is 0 Å². The van der Waals surface area contributed by atoms with Crippen LogP contribution >= 0.6 is 45.2 Å². The van der Waals surface area contributed by atoms with Gasteiger partial charge in [0.2, 0.25) is 0 Å². The summed E-state index contributed by atoms with van der Waals surface area (Å²) in [4.78, 5) is 12.0. The first kappa shape index (κ1) is 21.1. The fourth-order valence-corrected chi connectivity index (χ4v) is 4.89. The number of ether oxygens (including phenoxy) is 2. The first-order valence-electron chi connectivity index (χ1n) is 8.96. The predicted molar refractivity (Wildman–Crippen MR) is 127 cm³/mol. The van der Waals surface area contributed by atoms with Gasteiger partial charge in [-0.2, -0.15) is 0 Å². The molecule has 3 nitrogen and oxygen atoms in total. The lowest BCUT2D eigenvalue weighted by Crippen LogP contribution is -2.06. The molecule has 0 aliphatic heterocycles. The van der Waals surface area contributed by atoms with Gasteiger partial charge in [0, 0.05) is 6.42 Å². The van der Waals surface area contributed by atoms with Crippen LogP contribution in [0.25, 0.3) is 0 Å². The molecule has 0 radical (unpaired) electrons. The summed E-state index contributed by atoms with van der Waals surface area (Å²) in [5.41, 5.74) is 3.25. The first-order valence-corrected chi connectivity index (χ1v) is 11.1. The second-order valence-corrected chi connectivity index (χ2v) is 8.63. The van der Waals surface area contributed by atoms with Crippen molar-refractivity contribution in [1.82, 2.24) is 0 Å². The number of carbonyl (C=O) groups is 1. The molecule has 3 aromatic rings. The highest BCUT2D eigenvalue weighted by Crippen LogP contribution is 2.30. The van der Waals surface area contributed by atoms with Crippen LogP contribution in [-0.4, -0.2) is 5.97 Å². The minimum absolute atomic E-state index is 0.182. The van der Waals surface area contributed by atoms with Crippen molar-refractivity contribution in [1.29, 1.82) is 0 Å². The number of esters is 1. The zero-order valence-electron chi connectivity index (χ0n) is 15.2. The van der Waals surface area contributed by atoms with Crippen LogP contribution in [0.15, 0.2) is 72.8 Å². The van der Waals surface area contributed by atoms with Crippen molar-refractivity contribution in [3.8, 4) is 5.75 Å². The lowest BCUT2D eigenvalue weighted by Gasteiger charge is -2.12. The first-order chi connectivity index (χ1) is 13.6. The number of carbonyl (C=O) groups excluding carboxylic acids is 1. The van der Waals surface area contributed by atoms with Crippen molar-refractivity contribution < 1.29 is 14.3 Å². The van der Waals surface area contributed by atoms with Crippen LogP contribution in [0.3, 0.4) is 0 Å². The van der Waals surface area contributed by atoms with E-state index in [1.165, 1.54) is 0 Å². The maximum atomic E-state index is 12.0. The summed E-state index contributed by atoms with van der Waals surface area (Å²) in [7, 11) is 0. The highest BCUT2D eigenvalue weighted by atomic mass is 127. The van der Waals surface area contributed by atoms with Crippen LogP contribution in [0.5, 0.6) is 5.75 Å². The minimum atomic E-state index is -0.182. The lowest BCUT2D eigenvalue weighted by molar-refractivity contribution is -0.144. The average Bonchev–Trinajstić information content (AvgIpc) is 2.71. The Labute approximate surface area is 192 Å². The van der Waals surface area contributed by atoms with Gasteiger partial charge in [-0.3, -0.25) is 4.79 Å². The van der Waals surface area contributed by atoms with Crippen LogP contribution in [0, 0.1) is 7.14 Å². The highest BCUT2D eigenvalue weighted by Gasteiger charge is 2.11. The van der Waals surface area contributed by atoms with E-state index in [1.54, 1.807) is 0 Å². The van der Waals surface area contributed by atoms with Gasteiger partial charge in [0.15, 0.2) is 0 Å². The van der Waals surface area contributed by atoms with E-state index in [-0.39, 0.29) is 5.97 Å². The third kappa shape index (κ3) is 6.48. The summed E-state index contributed by atoms with van der Waals surface area (Å²) >= 11 is 4.58. The summed E-state index contributed by atoms with van der Waals surface area (Å²) in [5, 5.41) is 0. The average molecular weight is 598 g/mol. The molecule has 0 aromatic heterocycles. The highest BCUT2D eigenvalue weighted by molar-refractivity contribution is 14.1. The Morgan fingerprint density at radius 3 is 1.86 bits per heavy atom. The Bertz CT molecular complexity index is 889. The van der Waals surface area contributed by atoms with Gasteiger partial charge in [-0.05, 0) is 80.4 Å². The number of aryl methyl sites for hydroxylation is 1. The van der Waals surface area contributed by atoms with E-state index >= 15 is 0 Å². The maximum absolute atomic E-state index is 12.0. The molecule has 0 atom stereocenters. The molecular formula is C23H20I2O3. The molecule has 0 fully saturated rings. The fraction of sp³-hybridized carbons (Fsp3) is 0.174. The van der Waals surface area contributed by atoms with E-state index in [1.807, 2.05) is 48.5 Å². The van der Waals surface area contributed by atoms with Crippen molar-refractivity contribution >= 4 is 51.2 Å².